The van der Waals surface area contributed by atoms with Gasteiger partial charge in [0.2, 0.25) is 0 Å². The molecule has 0 saturated carbocycles. The number of hydrogen-bond donors (Lipinski definition) is 1. The van der Waals surface area contributed by atoms with Crippen LogP contribution in [-0.4, -0.2) is 11.0 Å². The third-order valence-corrected chi connectivity index (χ3v) is 2.17. The third kappa shape index (κ3) is 3.71. The zero-order chi connectivity index (χ0) is 11.3. The van der Waals surface area contributed by atoms with Gasteiger partial charge in [0.15, 0.2) is 0 Å². The van der Waals surface area contributed by atoms with E-state index >= 15 is 0 Å². The van der Waals surface area contributed by atoms with Crippen molar-refractivity contribution in [3.8, 4) is 0 Å². The molecule has 0 spiro atoms. The van der Waals surface area contributed by atoms with Crippen LogP contribution in [0.4, 0.5) is 5.88 Å². The first-order chi connectivity index (χ1) is 7.13. The minimum Gasteiger partial charge on any atom is -0.404 e. The Morgan fingerprint density at radius 3 is 2.87 bits per heavy atom. The number of furan rings is 1. The van der Waals surface area contributed by atoms with Gasteiger partial charge in [-0.15, -0.1) is 0 Å². The van der Waals surface area contributed by atoms with Crippen LogP contribution >= 0.6 is 0 Å². The van der Waals surface area contributed by atoms with Gasteiger partial charge in [-0.3, -0.25) is 10.1 Å². The summed E-state index contributed by atoms with van der Waals surface area (Å²) in [6.07, 6.45) is 2.20. The monoisotopic (exact) mass is 212 g/mol. The molecule has 0 aliphatic heterocycles. The molecule has 1 atom stereocenters. The van der Waals surface area contributed by atoms with E-state index in [0.29, 0.717) is 18.3 Å². The summed E-state index contributed by atoms with van der Waals surface area (Å²) >= 11 is 0. The van der Waals surface area contributed by atoms with Gasteiger partial charge in [-0.05, 0) is 19.4 Å². The third-order valence-electron chi connectivity index (χ3n) is 2.17. The lowest BCUT2D eigenvalue weighted by molar-refractivity contribution is -0.402. The van der Waals surface area contributed by atoms with Crippen LogP contribution < -0.4 is 5.32 Å². The normalized spacial score (nSPS) is 12.7. The van der Waals surface area contributed by atoms with Gasteiger partial charge in [0.1, 0.15) is 10.7 Å². The molecule has 5 nitrogen and oxygen atoms in total. The van der Waals surface area contributed by atoms with Gasteiger partial charge >= 0.3 is 5.88 Å². The summed E-state index contributed by atoms with van der Waals surface area (Å²) in [4.78, 5) is 9.82. The molecule has 5 heteroatoms. The van der Waals surface area contributed by atoms with Gasteiger partial charge < -0.3 is 9.73 Å². The van der Waals surface area contributed by atoms with Crippen LogP contribution in [0.5, 0.6) is 0 Å². The van der Waals surface area contributed by atoms with Crippen LogP contribution in [-0.2, 0) is 6.54 Å². The van der Waals surface area contributed by atoms with Crippen molar-refractivity contribution in [1.29, 1.82) is 0 Å². The largest absolute Gasteiger partial charge is 0.433 e. The quantitative estimate of drug-likeness (QED) is 0.581. The number of nitro groups is 1. The molecule has 1 rings (SSSR count). The molecule has 1 heterocycles. The Bertz CT molecular complexity index is 322. The first kappa shape index (κ1) is 11.7. The van der Waals surface area contributed by atoms with Crippen LogP contribution in [0.2, 0.25) is 0 Å². The van der Waals surface area contributed by atoms with E-state index in [0.717, 1.165) is 12.8 Å². The summed E-state index contributed by atoms with van der Waals surface area (Å²) in [5.74, 6) is 0.402. The Kier molecular flexibility index (Phi) is 4.30. The van der Waals surface area contributed by atoms with E-state index in [1.807, 2.05) is 0 Å². The fourth-order valence-corrected chi connectivity index (χ4v) is 1.37. The highest BCUT2D eigenvalue weighted by atomic mass is 16.6. The highest BCUT2D eigenvalue weighted by Crippen LogP contribution is 2.15. The Balaban J connectivity index is 2.40. The van der Waals surface area contributed by atoms with Crippen molar-refractivity contribution in [2.24, 2.45) is 0 Å². The van der Waals surface area contributed by atoms with Gasteiger partial charge in [-0.2, -0.15) is 0 Å². The predicted molar refractivity (Wildman–Crippen MR) is 56.6 cm³/mol. The van der Waals surface area contributed by atoms with E-state index in [-0.39, 0.29) is 5.88 Å². The van der Waals surface area contributed by atoms with Crippen LogP contribution in [0, 0.1) is 10.1 Å². The summed E-state index contributed by atoms with van der Waals surface area (Å²) in [7, 11) is 0. The molecule has 0 radical (unpaired) electrons. The molecule has 1 aromatic heterocycles. The molecular weight excluding hydrogens is 196 g/mol. The Hall–Kier alpha value is -1.36. The van der Waals surface area contributed by atoms with Crippen LogP contribution in [0.25, 0.3) is 0 Å². The standard InChI is InChI=1S/C10H16N2O3/c1-3-4-8(2)11-7-9-5-6-10(15-9)12(13)14/h5-6,8,11H,3-4,7H2,1-2H3. The molecule has 0 fully saturated rings. The molecule has 1 N–H and O–H groups in total. The zero-order valence-electron chi connectivity index (χ0n) is 9.03. The molecule has 1 aromatic rings. The molecule has 15 heavy (non-hydrogen) atoms. The minimum absolute atomic E-state index is 0.199. The molecule has 0 aliphatic carbocycles. The van der Waals surface area contributed by atoms with Crippen molar-refractivity contribution in [2.45, 2.75) is 39.3 Å². The maximum Gasteiger partial charge on any atom is 0.433 e. The predicted octanol–water partition coefficient (Wildman–Crippen LogP) is 2.47. The summed E-state index contributed by atoms with van der Waals surface area (Å²) < 4.78 is 5.01. The number of nitrogens with zero attached hydrogens (tertiary/aromatic N) is 1. The number of nitrogens with one attached hydrogen (secondary N) is 1. The van der Waals surface area contributed by atoms with Gasteiger partial charge in [0, 0.05) is 6.04 Å². The maximum absolute atomic E-state index is 10.3. The SMILES string of the molecule is CCCC(C)NCc1ccc([N+](=O)[O-])o1. The van der Waals surface area contributed by atoms with Crippen molar-refractivity contribution in [3.63, 3.8) is 0 Å². The molecule has 0 saturated heterocycles. The van der Waals surface area contributed by atoms with Crippen LogP contribution in [0.1, 0.15) is 32.4 Å². The minimum atomic E-state index is -0.529. The van der Waals surface area contributed by atoms with E-state index in [1.165, 1.54) is 6.07 Å². The molecule has 0 aromatic carbocycles. The first-order valence-electron chi connectivity index (χ1n) is 5.10. The Morgan fingerprint density at radius 1 is 1.60 bits per heavy atom. The highest BCUT2D eigenvalue weighted by Gasteiger charge is 2.11. The van der Waals surface area contributed by atoms with Gasteiger partial charge in [-0.25, -0.2) is 0 Å². The molecule has 84 valence electrons. The average molecular weight is 212 g/mol. The lowest BCUT2D eigenvalue weighted by atomic mass is 10.2. The van der Waals surface area contributed by atoms with Crippen molar-refractivity contribution < 1.29 is 9.34 Å². The van der Waals surface area contributed by atoms with E-state index in [4.69, 9.17) is 4.42 Å². The highest BCUT2D eigenvalue weighted by molar-refractivity contribution is 5.17. The fraction of sp³-hybridized carbons (Fsp3) is 0.600. The molecule has 0 aliphatic rings. The van der Waals surface area contributed by atoms with Crippen LogP contribution in [0.15, 0.2) is 16.5 Å². The smallest absolute Gasteiger partial charge is 0.404 e. The second kappa shape index (κ2) is 5.50. The Morgan fingerprint density at radius 2 is 2.33 bits per heavy atom. The first-order valence-corrected chi connectivity index (χ1v) is 5.10. The zero-order valence-corrected chi connectivity index (χ0v) is 9.03. The lowest BCUT2D eigenvalue weighted by Crippen LogP contribution is -2.24. The second-order valence-electron chi connectivity index (χ2n) is 3.57. The van der Waals surface area contributed by atoms with Gasteiger partial charge in [-0.1, -0.05) is 13.3 Å². The maximum atomic E-state index is 10.3. The fourth-order valence-electron chi connectivity index (χ4n) is 1.37. The van der Waals surface area contributed by atoms with E-state index < -0.39 is 4.92 Å². The average Bonchev–Trinajstić information content (AvgIpc) is 2.63. The Labute approximate surface area is 88.6 Å². The molecule has 1 unspecified atom stereocenters. The molecular formula is C10H16N2O3. The summed E-state index contributed by atoms with van der Waals surface area (Å²) in [6.45, 7) is 4.74. The van der Waals surface area contributed by atoms with Crippen molar-refractivity contribution in [1.82, 2.24) is 5.32 Å². The summed E-state index contributed by atoms with van der Waals surface area (Å²) in [6, 6.07) is 3.41. The number of hydrogen-bond acceptors (Lipinski definition) is 4. The van der Waals surface area contributed by atoms with Crippen LogP contribution in [0.3, 0.4) is 0 Å². The van der Waals surface area contributed by atoms with Crippen molar-refractivity contribution in [2.75, 3.05) is 0 Å². The van der Waals surface area contributed by atoms with E-state index in [2.05, 4.69) is 19.2 Å². The molecule has 0 amide bonds. The van der Waals surface area contributed by atoms with Gasteiger partial charge in [0.05, 0.1) is 12.6 Å². The summed E-state index contributed by atoms with van der Waals surface area (Å²) in [5.41, 5.74) is 0. The lowest BCUT2D eigenvalue weighted by Gasteiger charge is -2.10. The van der Waals surface area contributed by atoms with E-state index in [9.17, 15) is 10.1 Å². The molecule has 0 bridgehead atoms. The van der Waals surface area contributed by atoms with Crippen molar-refractivity contribution >= 4 is 5.88 Å². The number of rotatable bonds is 6. The van der Waals surface area contributed by atoms with E-state index in [1.54, 1.807) is 6.07 Å². The topological polar surface area (TPSA) is 68.3 Å². The van der Waals surface area contributed by atoms with Crippen molar-refractivity contribution in [3.05, 3.63) is 28.0 Å². The summed E-state index contributed by atoms with van der Waals surface area (Å²) in [5, 5.41) is 13.6. The second-order valence-corrected chi connectivity index (χ2v) is 3.57. The van der Waals surface area contributed by atoms with Gasteiger partial charge in [0.25, 0.3) is 0 Å².